The number of aromatic nitrogens is 2. The molecule has 1 unspecified atom stereocenters. The Balaban J connectivity index is 1.29. The summed E-state index contributed by atoms with van der Waals surface area (Å²) in [4.78, 5) is 11.6. The molecular weight excluding hydrogens is 653 g/mol. The maximum Gasteiger partial charge on any atom is 0.0979 e. The highest BCUT2D eigenvalue weighted by Gasteiger charge is 2.46. The Hall–Kier alpha value is -6.64. The first-order valence-corrected chi connectivity index (χ1v) is 19.0. The predicted molar refractivity (Wildman–Crippen MR) is 225 cm³/mol. The van der Waals surface area contributed by atoms with Crippen LogP contribution in [0.15, 0.2) is 164 Å². The summed E-state index contributed by atoms with van der Waals surface area (Å²) in [6.07, 6.45) is 0. The van der Waals surface area contributed by atoms with Crippen LogP contribution in [0.5, 0.6) is 0 Å². The molecule has 10 aromatic rings. The lowest BCUT2D eigenvalue weighted by Gasteiger charge is -2.28. The van der Waals surface area contributed by atoms with E-state index in [1.807, 2.05) is 0 Å². The molecular formula is C52H34N2. The quantitative estimate of drug-likeness (QED) is 0.169. The first-order chi connectivity index (χ1) is 26.6. The highest BCUT2D eigenvalue weighted by atomic mass is 14.8. The van der Waals surface area contributed by atoms with E-state index >= 15 is 0 Å². The highest BCUT2D eigenvalue weighted by molar-refractivity contribution is 6.23. The van der Waals surface area contributed by atoms with E-state index in [1.165, 1.54) is 76.8 Å². The lowest BCUT2D eigenvalue weighted by molar-refractivity contribution is 0.650. The van der Waals surface area contributed by atoms with Crippen molar-refractivity contribution in [1.29, 1.82) is 0 Å². The molecule has 2 heteroatoms. The molecule has 1 atom stereocenters. The van der Waals surface area contributed by atoms with E-state index in [9.17, 15) is 0 Å². The maximum atomic E-state index is 5.90. The van der Waals surface area contributed by atoms with Crippen molar-refractivity contribution >= 4 is 54.1 Å². The predicted octanol–water partition coefficient (Wildman–Crippen LogP) is 13.4. The summed E-state index contributed by atoms with van der Waals surface area (Å²) >= 11 is 0. The zero-order chi connectivity index (χ0) is 35.7. The Kier molecular flexibility index (Phi) is 5.93. The average molecular weight is 687 g/mol. The maximum absolute atomic E-state index is 5.90. The fourth-order valence-corrected chi connectivity index (χ4v) is 10.2. The third-order valence-electron chi connectivity index (χ3n) is 12.5. The molecule has 2 aliphatic rings. The lowest BCUT2D eigenvalue weighted by Crippen LogP contribution is -2.19. The van der Waals surface area contributed by atoms with Gasteiger partial charge in [-0.2, -0.15) is 0 Å². The number of fused-ring (bicyclic) bond motifs is 18. The molecule has 0 fully saturated rings. The Labute approximate surface area is 313 Å². The molecule has 1 heterocycles. The van der Waals surface area contributed by atoms with Crippen LogP contribution in [0.3, 0.4) is 0 Å². The standard InChI is InChI=1S/C52H34N2/c1-52(2)41-29-28-30-16-6-7-19-32(30)43(41)44-37-24-12-10-22-35(37)42-36-23-11-13-25-38(36)45(46(42)47(44)52)51-48(31-17-4-3-5-18-31)53-49-39-26-14-8-20-33(39)34-21-9-15-27-40(34)50(49)54-51/h3-29,45H,1-2H3. The minimum atomic E-state index is -0.261. The molecule has 1 aromatic heterocycles. The van der Waals surface area contributed by atoms with Gasteiger partial charge in [-0.15, -0.1) is 0 Å². The average Bonchev–Trinajstić information content (AvgIpc) is 3.70. The van der Waals surface area contributed by atoms with Gasteiger partial charge in [0, 0.05) is 21.8 Å². The van der Waals surface area contributed by atoms with Gasteiger partial charge in [0.25, 0.3) is 0 Å². The lowest BCUT2D eigenvalue weighted by atomic mass is 9.75. The number of rotatable bonds is 2. The van der Waals surface area contributed by atoms with Gasteiger partial charge in [-0.05, 0) is 76.8 Å². The van der Waals surface area contributed by atoms with Gasteiger partial charge in [0.05, 0.1) is 28.3 Å². The SMILES string of the molecule is CC1(C)c2ccc3ccccc3c2-c2c1c1c(c3ccccc23)-c2ccccc2C1c1nc2c3ccccc3c3ccccc3c2nc1-c1ccccc1. The summed E-state index contributed by atoms with van der Waals surface area (Å²) in [6.45, 7) is 4.87. The first-order valence-electron chi connectivity index (χ1n) is 19.0. The number of hydrogen-bond donors (Lipinski definition) is 0. The van der Waals surface area contributed by atoms with E-state index in [1.54, 1.807) is 0 Å². The van der Waals surface area contributed by atoms with Crippen LogP contribution in [0.4, 0.5) is 0 Å². The van der Waals surface area contributed by atoms with E-state index in [4.69, 9.17) is 9.97 Å². The van der Waals surface area contributed by atoms with E-state index in [2.05, 4.69) is 178 Å². The van der Waals surface area contributed by atoms with Gasteiger partial charge in [0.15, 0.2) is 0 Å². The summed E-state index contributed by atoms with van der Waals surface area (Å²) in [6, 6.07) is 59.9. The van der Waals surface area contributed by atoms with Crippen molar-refractivity contribution in [3.05, 3.63) is 192 Å². The van der Waals surface area contributed by atoms with Crippen LogP contribution >= 0.6 is 0 Å². The molecule has 252 valence electrons. The number of nitrogens with zero attached hydrogens (tertiary/aromatic N) is 2. The third-order valence-corrected chi connectivity index (χ3v) is 12.5. The van der Waals surface area contributed by atoms with Crippen molar-refractivity contribution in [2.24, 2.45) is 0 Å². The Morgan fingerprint density at radius 1 is 0.444 bits per heavy atom. The van der Waals surface area contributed by atoms with Crippen molar-refractivity contribution in [3.63, 3.8) is 0 Å². The van der Waals surface area contributed by atoms with E-state index in [0.29, 0.717) is 0 Å². The van der Waals surface area contributed by atoms with Crippen LogP contribution in [0.2, 0.25) is 0 Å². The molecule has 0 amide bonds. The molecule has 0 spiro atoms. The van der Waals surface area contributed by atoms with E-state index < -0.39 is 0 Å². The summed E-state index contributed by atoms with van der Waals surface area (Å²) in [5.41, 5.74) is 15.5. The second-order valence-electron chi connectivity index (χ2n) is 15.6. The number of benzene rings is 9. The molecule has 0 N–H and O–H groups in total. The molecule has 0 aliphatic heterocycles. The van der Waals surface area contributed by atoms with Crippen molar-refractivity contribution in [3.8, 4) is 33.5 Å². The van der Waals surface area contributed by atoms with Gasteiger partial charge in [-0.25, -0.2) is 9.97 Å². The largest absolute Gasteiger partial charge is 0.247 e. The molecule has 0 radical (unpaired) electrons. The zero-order valence-electron chi connectivity index (χ0n) is 30.1. The fraction of sp³-hybridized carbons (Fsp3) is 0.0769. The molecule has 54 heavy (non-hydrogen) atoms. The monoisotopic (exact) mass is 686 g/mol. The van der Waals surface area contributed by atoms with Gasteiger partial charge in [0.2, 0.25) is 0 Å². The fourth-order valence-electron chi connectivity index (χ4n) is 10.2. The summed E-state index contributed by atoms with van der Waals surface area (Å²) in [5, 5.41) is 9.87. The molecule has 2 aliphatic carbocycles. The van der Waals surface area contributed by atoms with Crippen LogP contribution in [0.25, 0.3) is 87.6 Å². The van der Waals surface area contributed by atoms with E-state index in [-0.39, 0.29) is 11.3 Å². The second kappa shape index (κ2) is 10.7. The van der Waals surface area contributed by atoms with Gasteiger partial charge in [-0.3, -0.25) is 0 Å². The zero-order valence-corrected chi connectivity index (χ0v) is 30.1. The smallest absolute Gasteiger partial charge is 0.0979 e. The molecule has 0 bridgehead atoms. The molecule has 2 nitrogen and oxygen atoms in total. The van der Waals surface area contributed by atoms with Crippen molar-refractivity contribution in [2.45, 2.75) is 25.2 Å². The summed E-state index contributed by atoms with van der Waals surface area (Å²) < 4.78 is 0. The van der Waals surface area contributed by atoms with Gasteiger partial charge in [0.1, 0.15) is 0 Å². The van der Waals surface area contributed by atoms with Crippen molar-refractivity contribution < 1.29 is 0 Å². The second-order valence-corrected chi connectivity index (χ2v) is 15.6. The highest BCUT2D eigenvalue weighted by Crippen LogP contribution is 2.63. The van der Waals surface area contributed by atoms with Crippen molar-refractivity contribution in [1.82, 2.24) is 9.97 Å². The molecule has 0 saturated carbocycles. The van der Waals surface area contributed by atoms with Crippen LogP contribution < -0.4 is 0 Å². The van der Waals surface area contributed by atoms with Gasteiger partial charge >= 0.3 is 0 Å². The van der Waals surface area contributed by atoms with Crippen LogP contribution in [-0.2, 0) is 5.41 Å². The van der Waals surface area contributed by atoms with E-state index in [0.717, 1.165) is 38.8 Å². The molecule has 12 rings (SSSR count). The summed E-state index contributed by atoms with van der Waals surface area (Å²) in [5.74, 6) is -0.133. The first kappa shape index (κ1) is 29.9. The third kappa shape index (κ3) is 3.80. The topological polar surface area (TPSA) is 25.8 Å². The van der Waals surface area contributed by atoms with Crippen molar-refractivity contribution in [2.75, 3.05) is 0 Å². The molecule has 0 saturated heterocycles. The summed E-state index contributed by atoms with van der Waals surface area (Å²) in [7, 11) is 0. The molecule has 9 aromatic carbocycles. The van der Waals surface area contributed by atoms with Crippen LogP contribution in [0, 0.1) is 0 Å². The van der Waals surface area contributed by atoms with Gasteiger partial charge in [-0.1, -0.05) is 178 Å². The Bertz CT molecular complexity index is 3250. The Morgan fingerprint density at radius 3 is 1.72 bits per heavy atom. The van der Waals surface area contributed by atoms with Crippen LogP contribution in [0.1, 0.15) is 47.7 Å². The minimum Gasteiger partial charge on any atom is -0.247 e. The number of hydrogen-bond acceptors (Lipinski definition) is 2. The Morgan fingerprint density at radius 2 is 1.00 bits per heavy atom. The normalized spacial score (nSPS) is 15.2. The van der Waals surface area contributed by atoms with Crippen LogP contribution in [-0.4, -0.2) is 9.97 Å². The van der Waals surface area contributed by atoms with Gasteiger partial charge < -0.3 is 0 Å². The minimum absolute atomic E-state index is 0.133.